The fourth-order valence-corrected chi connectivity index (χ4v) is 2.00. The van der Waals surface area contributed by atoms with Gasteiger partial charge in [-0.2, -0.15) is 5.10 Å². The van der Waals surface area contributed by atoms with E-state index in [1.54, 1.807) is 24.3 Å². The van der Waals surface area contributed by atoms with E-state index in [1.165, 1.54) is 6.20 Å². The van der Waals surface area contributed by atoms with Crippen LogP contribution in [-0.2, 0) is 0 Å². The van der Waals surface area contributed by atoms with Gasteiger partial charge in [-0.1, -0.05) is 35.3 Å². The third kappa shape index (κ3) is 3.96. The molecule has 110 valence electrons. The molecule has 0 saturated heterocycles. The Labute approximate surface area is 130 Å². The number of nitrogens with one attached hydrogen (secondary N) is 3. The van der Waals surface area contributed by atoms with Crippen LogP contribution in [0.1, 0.15) is 10.4 Å². The first-order valence-corrected chi connectivity index (χ1v) is 6.85. The van der Waals surface area contributed by atoms with E-state index in [2.05, 4.69) is 20.8 Å². The second kappa shape index (κ2) is 7.10. The van der Waals surface area contributed by atoms with Crippen LogP contribution in [0.15, 0.2) is 35.3 Å². The minimum Gasteiger partial charge on any atom is -0.381 e. The third-order valence-corrected chi connectivity index (χ3v) is 3.34. The molecule has 0 aliphatic heterocycles. The highest BCUT2D eigenvalue weighted by Gasteiger charge is 2.08. The lowest BCUT2D eigenvalue weighted by Gasteiger charge is -2.09. The Morgan fingerprint density at radius 3 is 2.76 bits per heavy atom. The monoisotopic (exact) mass is 326 g/mol. The number of hydrogen-bond donors (Lipinski definition) is 3. The predicted molar refractivity (Wildman–Crippen MR) is 82.1 cm³/mol. The Balaban J connectivity index is 1.85. The Morgan fingerprint density at radius 1 is 1.24 bits per heavy atom. The lowest BCUT2D eigenvalue weighted by atomic mass is 10.2. The SMILES string of the molecule is O=C(NCCNc1cn[nH]c(=O)c1Cl)c1ccccc1Cl. The smallest absolute Gasteiger partial charge is 0.285 e. The van der Waals surface area contributed by atoms with Crippen molar-refractivity contribution in [2.75, 3.05) is 18.4 Å². The van der Waals surface area contributed by atoms with Gasteiger partial charge >= 0.3 is 0 Å². The average Bonchev–Trinajstić information content (AvgIpc) is 2.48. The number of amides is 1. The van der Waals surface area contributed by atoms with Gasteiger partial charge in [0.25, 0.3) is 11.5 Å². The van der Waals surface area contributed by atoms with Crippen molar-refractivity contribution in [3.05, 3.63) is 56.4 Å². The van der Waals surface area contributed by atoms with Crippen LogP contribution in [0.2, 0.25) is 10.0 Å². The van der Waals surface area contributed by atoms with E-state index >= 15 is 0 Å². The van der Waals surface area contributed by atoms with Crippen LogP contribution in [0.5, 0.6) is 0 Å². The van der Waals surface area contributed by atoms with E-state index in [0.717, 1.165) is 0 Å². The number of anilines is 1. The van der Waals surface area contributed by atoms with Gasteiger partial charge in [0.2, 0.25) is 0 Å². The van der Waals surface area contributed by atoms with Crippen molar-refractivity contribution in [2.45, 2.75) is 0 Å². The molecule has 2 aromatic rings. The van der Waals surface area contributed by atoms with Crippen molar-refractivity contribution in [1.29, 1.82) is 0 Å². The molecule has 0 fully saturated rings. The van der Waals surface area contributed by atoms with Crippen molar-refractivity contribution in [1.82, 2.24) is 15.5 Å². The van der Waals surface area contributed by atoms with Crippen LogP contribution in [0.3, 0.4) is 0 Å². The molecule has 8 heteroatoms. The van der Waals surface area contributed by atoms with Gasteiger partial charge in [0.15, 0.2) is 0 Å². The normalized spacial score (nSPS) is 10.2. The van der Waals surface area contributed by atoms with Gasteiger partial charge in [0.1, 0.15) is 5.02 Å². The number of aromatic amines is 1. The lowest BCUT2D eigenvalue weighted by Crippen LogP contribution is -2.29. The summed E-state index contributed by atoms with van der Waals surface area (Å²) in [6, 6.07) is 6.78. The van der Waals surface area contributed by atoms with Gasteiger partial charge in [-0.3, -0.25) is 9.59 Å². The minimum absolute atomic E-state index is 0.0300. The molecule has 0 aliphatic rings. The van der Waals surface area contributed by atoms with E-state index in [4.69, 9.17) is 23.2 Å². The fourth-order valence-electron chi connectivity index (χ4n) is 1.62. The molecule has 1 amide bonds. The van der Waals surface area contributed by atoms with Crippen molar-refractivity contribution < 1.29 is 4.79 Å². The second-order valence-corrected chi connectivity index (χ2v) is 4.87. The number of carbonyl (C=O) groups is 1. The molecule has 0 bridgehead atoms. The number of halogens is 2. The molecule has 1 aromatic heterocycles. The highest BCUT2D eigenvalue weighted by molar-refractivity contribution is 6.33. The highest BCUT2D eigenvalue weighted by Crippen LogP contribution is 2.15. The Hall–Kier alpha value is -2.05. The third-order valence-electron chi connectivity index (χ3n) is 2.64. The Morgan fingerprint density at radius 2 is 2.00 bits per heavy atom. The van der Waals surface area contributed by atoms with Gasteiger partial charge in [-0.15, -0.1) is 0 Å². The van der Waals surface area contributed by atoms with Crippen molar-refractivity contribution in [2.24, 2.45) is 0 Å². The van der Waals surface area contributed by atoms with Gasteiger partial charge in [-0.05, 0) is 12.1 Å². The van der Waals surface area contributed by atoms with Crippen molar-refractivity contribution in [3.63, 3.8) is 0 Å². The van der Waals surface area contributed by atoms with Gasteiger partial charge in [0, 0.05) is 13.1 Å². The molecule has 0 aliphatic carbocycles. The molecule has 1 aromatic carbocycles. The van der Waals surface area contributed by atoms with Crippen LogP contribution in [0.4, 0.5) is 5.69 Å². The van der Waals surface area contributed by atoms with E-state index in [-0.39, 0.29) is 10.9 Å². The quantitative estimate of drug-likeness (QED) is 0.732. The van der Waals surface area contributed by atoms with E-state index < -0.39 is 5.56 Å². The maximum atomic E-state index is 11.9. The van der Waals surface area contributed by atoms with Crippen LogP contribution in [0, 0.1) is 0 Å². The molecular formula is C13H12Cl2N4O2. The number of carbonyl (C=O) groups excluding carboxylic acids is 1. The predicted octanol–water partition coefficient (Wildman–Crippen LogP) is 1.92. The van der Waals surface area contributed by atoms with Crippen LogP contribution < -0.4 is 16.2 Å². The molecule has 0 spiro atoms. The zero-order chi connectivity index (χ0) is 15.2. The van der Waals surface area contributed by atoms with Crippen molar-refractivity contribution in [3.8, 4) is 0 Å². The maximum Gasteiger partial charge on any atom is 0.285 e. The summed E-state index contributed by atoms with van der Waals surface area (Å²) >= 11 is 11.7. The molecule has 21 heavy (non-hydrogen) atoms. The summed E-state index contributed by atoms with van der Waals surface area (Å²) in [6.45, 7) is 0.730. The molecule has 3 N–H and O–H groups in total. The van der Waals surface area contributed by atoms with E-state index in [9.17, 15) is 9.59 Å². The van der Waals surface area contributed by atoms with Crippen LogP contribution >= 0.6 is 23.2 Å². The van der Waals surface area contributed by atoms with E-state index in [0.29, 0.717) is 29.4 Å². The molecule has 0 radical (unpaired) electrons. The zero-order valence-corrected chi connectivity index (χ0v) is 12.3. The molecule has 1 heterocycles. The number of aromatic nitrogens is 2. The summed E-state index contributed by atoms with van der Waals surface area (Å²) in [5.41, 5.74) is 0.351. The summed E-state index contributed by atoms with van der Waals surface area (Å²) in [4.78, 5) is 23.1. The molecule has 0 saturated carbocycles. The summed E-state index contributed by atoms with van der Waals surface area (Å²) in [5.74, 6) is -0.266. The van der Waals surface area contributed by atoms with Gasteiger partial charge in [-0.25, -0.2) is 5.10 Å². The van der Waals surface area contributed by atoms with Crippen LogP contribution in [-0.4, -0.2) is 29.2 Å². The molecular weight excluding hydrogens is 315 g/mol. The second-order valence-electron chi connectivity index (χ2n) is 4.09. The number of H-pyrrole nitrogens is 1. The topological polar surface area (TPSA) is 86.9 Å². The number of nitrogens with zero attached hydrogens (tertiary/aromatic N) is 1. The first kappa shape index (κ1) is 15.3. The van der Waals surface area contributed by atoms with E-state index in [1.807, 2.05) is 0 Å². The average molecular weight is 327 g/mol. The van der Waals surface area contributed by atoms with Gasteiger partial charge < -0.3 is 10.6 Å². The largest absolute Gasteiger partial charge is 0.381 e. The Bertz CT molecular complexity index is 703. The number of benzene rings is 1. The summed E-state index contributed by atoms with van der Waals surface area (Å²) in [5, 5.41) is 11.9. The molecule has 2 rings (SSSR count). The highest BCUT2D eigenvalue weighted by atomic mass is 35.5. The van der Waals surface area contributed by atoms with Crippen LogP contribution in [0.25, 0.3) is 0 Å². The lowest BCUT2D eigenvalue weighted by molar-refractivity contribution is 0.0955. The zero-order valence-electron chi connectivity index (χ0n) is 10.8. The fraction of sp³-hybridized carbons (Fsp3) is 0.154. The number of hydrogen-bond acceptors (Lipinski definition) is 4. The molecule has 6 nitrogen and oxygen atoms in total. The summed E-state index contributed by atoms with van der Waals surface area (Å²) < 4.78 is 0. The minimum atomic E-state index is -0.471. The standard InChI is InChI=1S/C13H12Cl2N4O2/c14-9-4-2-1-3-8(9)12(20)17-6-5-16-10-7-18-19-13(21)11(10)15/h1-4,7H,5-6H2,(H,17,20)(H2,16,19,21). The maximum absolute atomic E-state index is 11.9. The molecule has 0 unspecified atom stereocenters. The summed E-state index contributed by atoms with van der Waals surface area (Å²) in [7, 11) is 0. The molecule has 0 atom stereocenters. The first-order chi connectivity index (χ1) is 10.1. The van der Waals surface area contributed by atoms with Gasteiger partial charge in [0.05, 0.1) is 22.5 Å². The first-order valence-electron chi connectivity index (χ1n) is 6.09. The Kier molecular flexibility index (Phi) is 5.19. The summed E-state index contributed by atoms with van der Waals surface area (Å²) in [6.07, 6.45) is 1.40. The van der Waals surface area contributed by atoms with Crippen molar-refractivity contribution >= 4 is 34.8 Å². The number of rotatable bonds is 5.